The van der Waals surface area contributed by atoms with E-state index >= 15 is 0 Å². The summed E-state index contributed by atoms with van der Waals surface area (Å²) in [7, 11) is 0. The molecular formula is C18H37Cl2N3O2S. The van der Waals surface area contributed by atoms with Crippen LogP contribution in [0.1, 0.15) is 27.7 Å². The lowest BCUT2D eigenvalue weighted by Gasteiger charge is -2.43. The van der Waals surface area contributed by atoms with Crippen LogP contribution in [0.15, 0.2) is 0 Å². The molecule has 2 atom stereocenters. The Bertz CT molecular complexity index is 421. The topological polar surface area (TPSA) is 44.8 Å². The summed E-state index contributed by atoms with van der Waals surface area (Å²) >= 11 is 1.59. The second-order valence-corrected chi connectivity index (χ2v) is 8.99. The average molecular weight is 430 g/mol. The summed E-state index contributed by atoms with van der Waals surface area (Å²) in [5, 5.41) is 3.27. The van der Waals surface area contributed by atoms with Gasteiger partial charge in [-0.1, -0.05) is 13.8 Å². The second-order valence-electron chi connectivity index (χ2n) is 8.12. The third-order valence-corrected chi connectivity index (χ3v) is 5.95. The molecule has 26 heavy (non-hydrogen) atoms. The normalized spacial score (nSPS) is 24.8. The molecule has 0 radical (unpaired) electrons. The van der Waals surface area contributed by atoms with Gasteiger partial charge in [-0.25, -0.2) is 0 Å². The molecule has 0 aliphatic carbocycles. The number of hydrogen-bond acceptors (Lipinski definition) is 5. The Balaban J connectivity index is 0.00000312. The minimum atomic E-state index is 0. The highest BCUT2D eigenvalue weighted by molar-refractivity contribution is 7.99. The van der Waals surface area contributed by atoms with Crippen LogP contribution in [0.2, 0.25) is 0 Å². The molecule has 0 aromatic rings. The fourth-order valence-electron chi connectivity index (χ4n) is 4.07. The van der Waals surface area contributed by atoms with E-state index in [0.29, 0.717) is 17.6 Å². The highest BCUT2D eigenvalue weighted by Gasteiger charge is 2.39. The highest BCUT2D eigenvalue weighted by Crippen LogP contribution is 2.27. The molecule has 2 heterocycles. The van der Waals surface area contributed by atoms with Gasteiger partial charge >= 0.3 is 0 Å². The van der Waals surface area contributed by atoms with Gasteiger partial charge in [0.05, 0.1) is 19.0 Å². The molecule has 0 spiro atoms. The van der Waals surface area contributed by atoms with Crippen molar-refractivity contribution in [2.24, 2.45) is 11.8 Å². The zero-order valence-corrected chi connectivity index (χ0v) is 19.3. The van der Waals surface area contributed by atoms with Crippen LogP contribution < -0.4 is 5.32 Å². The van der Waals surface area contributed by atoms with E-state index in [1.165, 1.54) is 0 Å². The van der Waals surface area contributed by atoms with Gasteiger partial charge in [0.2, 0.25) is 5.91 Å². The maximum Gasteiger partial charge on any atom is 0.230 e. The third-order valence-electron chi connectivity index (χ3n) is 5.40. The highest BCUT2D eigenvalue weighted by atomic mass is 35.5. The predicted molar refractivity (Wildman–Crippen MR) is 116 cm³/mol. The number of rotatable bonds is 7. The molecule has 2 fully saturated rings. The number of amides is 1. The molecule has 1 amide bonds. The number of ether oxygens (including phenoxy) is 1. The van der Waals surface area contributed by atoms with Crippen LogP contribution >= 0.6 is 36.6 Å². The van der Waals surface area contributed by atoms with Crippen LogP contribution in [-0.2, 0) is 9.53 Å². The van der Waals surface area contributed by atoms with Gasteiger partial charge in [0.1, 0.15) is 0 Å². The summed E-state index contributed by atoms with van der Waals surface area (Å²) in [6, 6.07) is 0.283. The zero-order valence-electron chi connectivity index (χ0n) is 16.8. The Morgan fingerprint density at radius 2 is 1.85 bits per heavy atom. The average Bonchev–Trinajstić information content (AvgIpc) is 2.90. The SMILES string of the molecule is CSCC(=O)N[C@H]1CN(CC(C)(C)N2CCOCC2)C[C@@H]1C(C)C.Cl.Cl. The number of morpholine rings is 1. The Labute approximate surface area is 176 Å². The minimum Gasteiger partial charge on any atom is -0.379 e. The lowest BCUT2D eigenvalue weighted by molar-refractivity contribution is -0.119. The maximum atomic E-state index is 12.0. The van der Waals surface area contributed by atoms with Gasteiger partial charge in [0.25, 0.3) is 0 Å². The van der Waals surface area contributed by atoms with Gasteiger partial charge in [0, 0.05) is 44.3 Å². The molecule has 0 bridgehead atoms. The van der Waals surface area contributed by atoms with Crippen molar-refractivity contribution < 1.29 is 9.53 Å². The molecule has 0 saturated carbocycles. The van der Waals surface area contributed by atoms with Gasteiger partial charge in [-0.05, 0) is 31.9 Å². The molecule has 156 valence electrons. The number of thioether (sulfide) groups is 1. The first-order valence-electron chi connectivity index (χ1n) is 9.17. The maximum absolute atomic E-state index is 12.0. The van der Waals surface area contributed by atoms with E-state index < -0.39 is 0 Å². The van der Waals surface area contributed by atoms with Crippen molar-refractivity contribution in [2.45, 2.75) is 39.3 Å². The Kier molecular flexibility index (Phi) is 12.1. The zero-order chi connectivity index (χ0) is 17.7. The number of nitrogens with one attached hydrogen (secondary N) is 1. The summed E-state index contributed by atoms with van der Waals surface area (Å²) in [5.74, 6) is 1.85. The summed E-state index contributed by atoms with van der Waals surface area (Å²) in [6.07, 6.45) is 1.98. The van der Waals surface area contributed by atoms with Gasteiger partial charge in [-0.2, -0.15) is 11.8 Å². The van der Waals surface area contributed by atoms with E-state index in [0.717, 1.165) is 45.9 Å². The molecule has 0 unspecified atom stereocenters. The van der Waals surface area contributed by atoms with Crippen molar-refractivity contribution in [2.75, 3.05) is 57.9 Å². The molecule has 2 aliphatic heterocycles. The minimum absolute atomic E-state index is 0. The lowest BCUT2D eigenvalue weighted by Crippen LogP contribution is -2.55. The van der Waals surface area contributed by atoms with Crippen molar-refractivity contribution in [3.8, 4) is 0 Å². The number of halogens is 2. The van der Waals surface area contributed by atoms with E-state index in [1.807, 2.05) is 6.26 Å². The summed E-state index contributed by atoms with van der Waals surface area (Å²) in [4.78, 5) is 17.1. The molecule has 2 rings (SSSR count). The molecule has 2 aliphatic rings. The Hall–Kier alpha value is 0.280. The van der Waals surface area contributed by atoms with E-state index in [4.69, 9.17) is 4.74 Å². The molecule has 0 aromatic heterocycles. The van der Waals surface area contributed by atoms with Crippen molar-refractivity contribution >= 4 is 42.5 Å². The van der Waals surface area contributed by atoms with Gasteiger partial charge in [0.15, 0.2) is 0 Å². The fourth-order valence-corrected chi connectivity index (χ4v) is 4.41. The number of likely N-dealkylation sites (tertiary alicyclic amines) is 1. The van der Waals surface area contributed by atoms with Crippen LogP contribution in [0.4, 0.5) is 0 Å². The van der Waals surface area contributed by atoms with Gasteiger partial charge in [-0.3, -0.25) is 14.6 Å². The van der Waals surface area contributed by atoms with Crippen molar-refractivity contribution in [1.82, 2.24) is 15.1 Å². The predicted octanol–water partition coefficient (Wildman–Crippen LogP) is 2.38. The van der Waals surface area contributed by atoms with E-state index in [-0.39, 0.29) is 42.3 Å². The number of carbonyl (C=O) groups excluding carboxylic acids is 1. The van der Waals surface area contributed by atoms with Gasteiger partial charge < -0.3 is 10.1 Å². The van der Waals surface area contributed by atoms with Crippen LogP contribution in [0, 0.1) is 11.8 Å². The molecular weight excluding hydrogens is 393 g/mol. The lowest BCUT2D eigenvalue weighted by atomic mass is 9.91. The van der Waals surface area contributed by atoms with Crippen LogP contribution in [0.5, 0.6) is 0 Å². The van der Waals surface area contributed by atoms with Crippen molar-refractivity contribution in [3.05, 3.63) is 0 Å². The number of carbonyl (C=O) groups is 1. The molecule has 8 heteroatoms. The van der Waals surface area contributed by atoms with E-state index in [2.05, 4.69) is 42.8 Å². The molecule has 2 saturated heterocycles. The van der Waals surface area contributed by atoms with Gasteiger partial charge in [-0.15, -0.1) is 24.8 Å². The van der Waals surface area contributed by atoms with E-state index in [9.17, 15) is 4.79 Å². The molecule has 0 aromatic carbocycles. The fraction of sp³-hybridized carbons (Fsp3) is 0.944. The van der Waals surface area contributed by atoms with Crippen LogP contribution in [-0.4, -0.2) is 85.2 Å². The summed E-state index contributed by atoms with van der Waals surface area (Å²) in [6.45, 7) is 16.0. The number of hydrogen-bond donors (Lipinski definition) is 1. The molecule has 1 N–H and O–H groups in total. The molecule has 5 nitrogen and oxygen atoms in total. The smallest absolute Gasteiger partial charge is 0.230 e. The summed E-state index contributed by atoms with van der Waals surface area (Å²) in [5.41, 5.74) is 0.142. The first-order chi connectivity index (χ1) is 11.3. The summed E-state index contributed by atoms with van der Waals surface area (Å²) < 4.78 is 5.49. The van der Waals surface area contributed by atoms with Crippen LogP contribution in [0.25, 0.3) is 0 Å². The standard InChI is InChI=1S/C18H35N3O2S.2ClH/c1-14(2)15-10-20(11-16(15)19-17(22)12-24-5)13-18(3,4)21-6-8-23-9-7-21;;/h14-16H,6-13H2,1-5H3,(H,19,22);2*1H/t15-,16+;;/m1../s1. The second kappa shape index (κ2) is 12.0. The Morgan fingerprint density at radius 3 is 2.38 bits per heavy atom. The van der Waals surface area contributed by atoms with Crippen molar-refractivity contribution in [3.63, 3.8) is 0 Å². The Morgan fingerprint density at radius 1 is 1.23 bits per heavy atom. The number of nitrogens with zero attached hydrogens (tertiary/aromatic N) is 2. The van der Waals surface area contributed by atoms with Crippen LogP contribution in [0.3, 0.4) is 0 Å². The largest absolute Gasteiger partial charge is 0.379 e. The first kappa shape index (κ1) is 26.3. The quantitative estimate of drug-likeness (QED) is 0.672. The van der Waals surface area contributed by atoms with Crippen molar-refractivity contribution in [1.29, 1.82) is 0 Å². The first-order valence-corrected chi connectivity index (χ1v) is 10.6. The van der Waals surface area contributed by atoms with E-state index in [1.54, 1.807) is 11.8 Å². The monoisotopic (exact) mass is 429 g/mol. The third kappa shape index (κ3) is 7.36.